The third-order valence-corrected chi connectivity index (χ3v) is 3.12. The van der Waals surface area contributed by atoms with Gasteiger partial charge in [-0.1, -0.05) is 11.8 Å². The van der Waals surface area contributed by atoms with Gasteiger partial charge in [-0.05, 0) is 18.9 Å². The maximum Gasteiger partial charge on any atom is 0.173 e. The summed E-state index contributed by atoms with van der Waals surface area (Å²) in [5.41, 5.74) is 0.926. The lowest BCUT2D eigenvalue weighted by molar-refractivity contribution is 0.287. The van der Waals surface area contributed by atoms with Crippen LogP contribution in [-0.2, 0) is 0 Å². The van der Waals surface area contributed by atoms with Crippen molar-refractivity contribution in [3.8, 4) is 0 Å². The highest BCUT2D eigenvalue weighted by molar-refractivity contribution is 7.99. The molecule has 0 aliphatic rings. The highest BCUT2D eigenvalue weighted by Gasteiger charge is 2.01. The molecule has 0 amide bonds. The Morgan fingerprint density at radius 1 is 1.27 bits per heavy atom. The van der Waals surface area contributed by atoms with Crippen LogP contribution in [0.15, 0.2) is 29.8 Å². The quantitative estimate of drug-likeness (QED) is 0.475. The van der Waals surface area contributed by atoms with Crippen LogP contribution in [0.3, 0.4) is 0 Å². The molecule has 80 valence electrons. The first-order chi connectivity index (χ1) is 7.42. The molecule has 0 aliphatic carbocycles. The number of fused-ring (bicyclic) bond motifs is 1. The SMILES string of the molecule is OCCCCSc1nccc2nccn12. The molecule has 1 N–H and O–H groups in total. The molecule has 0 aliphatic heterocycles. The minimum atomic E-state index is 0.267. The number of unbranched alkanes of at least 4 members (excludes halogenated alkanes) is 1. The molecule has 0 spiro atoms. The van der Waals surface area contributed by atoms with E-state index >= 15 is 0 Å². The minimum absolute atomic E-state index is 0.267. The molecule has 0 fully saturated rings. The summed E-state index contributed by atoms with van der Waals surface area (Å²) in [6.45, 7) is 0.267. The van der Waals surface area contributed by atoms with Crippen molar-refractivity contribution in [2.45, 2.75) is 18.0 Å². The fourth-order valence-electron chi connectivity index (χ4n) is 1.31. The summed E-state index contributed by atoms with van der Waals surface area (Å²) in [6, 6.07) is 1.89. The molecule has 0 aromatic carbocycles. The van der Waals surface area contributed by atoms with Crippen LogP contribution in [0.4, 0.5) is 0 Å². The topological polar surface area (TPSA) is 50.4 Å². The van der Waals surface area contributed by atoms with E-state index in [1.54, 1.807) is 24.2 Å². The number of aliphatic hydroxyl groups excluding tert-OH is 1. The molecule has 0 unspecified atom stereocenters. The maximum absolute atomic E-state index is 8.66. The van der Waals surface area contributed by atoms with Crippen LogP contribution in [0.1, 0.15) is 12.8 Å². The van der Waals surface area contributed by atoms with Crippen LogP contribution >= 0.6 is 11.8 Å². The average Bonchev–Trinajstić information content (AvgIpc) is 2.73. The van der Waals surface area contributed by atoms with Crippen molar-refractivity contribution in [1.82, 2.24) is 14.4 Å². The number of aromatic nitrogens is 3. The van der Waals surface area contributed by atoms with E-state index in [0.29, 0.717) is 0 Å². The molecular formula is C10H13N3OS. The molecule has 0 saturated heterocycles. The fraction of sp³-hybridized carbons (Fsp3) is 0.400. The summed E-state index contributed by atoms with van der Waals surface area (Å²) in [6.07, 6.45) is 7.32. The van der Waals surface area contributed by atoms with Crippen molar-refractivity contribution in [3.63, 3.8) is 0 Å². The number of nitrogens with zero attached hydrogens (tertiary/aromatic N) is 3. The first-order valence-corrected chi connectivity index (χ1v) is 5.92. The summed E-state index contributed by atoms with van der Waals surface area (Å²) in [5.74, 6) is 0.977. The highest BCUT2D eigenvalue weighted by Crippen LogP contribution is 2.17. The van der Waals surface area contributed by atoms with Crippen molar-refractivity contribution in [2.75, 3.05) is 12.4 Å². The smallest absolute Gasteiger partial charge is 0.173 e. The van der Waals surface area contributed by atoms with E-state index in [4.69, 9.17) is 5.11 Å². The van der Waals surface area contributed by atoms with E-state index in [-0.39, 0.29) is 6.61 Å². The van der Waals surface area contributed by atoms with E-state index in [1.165, 1.54) is 0 Å². The average molecular weight is 223 g/mol. The molecule has 0 radical (unpaired) electrons. The summed E-state index contributed by atoms with van der Waals surface area (Å²) >= 11 is 1.70. The molecule has 2 aromatic heterocycles. The van der Waals surface area contributed by atoms with Gasteiger partial charge in [0.1, 0.15) is 5.65 Å². The van der Waals surface area contributed by atoms with Gasteiger partial charge in [-0.15, -0.1) is 0 Å². The van der Waals surface area contributed by atoms with Gasteiger partial charge in [0.2, 0.25) is 0 Å². The molecule has 2 aromatic rings. The van der Waals surface area contributed by atoms with Gasteiger partial charge in [0, 0.05) is 31.0 Å². The summed E-state index contributed by atoms with van der Waals surface area (Å²) < 4.78 is 1.98. The van der Waals surface area contributed by atoms with Crippen LogP contribution in [-0.4, -0.2) is 31.8 Å². The van der Waals surface area contributed by atoms with E-state index in [9.17, 15) is 0 Å². The maximum atomic E-state index is 8.66. The fourth-order valence-corrected chi connectivity index (χ4v) is 2.27. The largest absolute Gasteiger partial charge is 0.396 e. The second kappa shape index (κ2) is 5.14. The number of thioether (sulfide) groups is 1. The Hall–Kier alpha value is -1.07. The number of rotatable bonds is 5. The van der Waals surface area contributed by atoms with Gasteiger partial charge in [-0.3, -0.25) is 4.40 Å². The number of aliphatic hydroxyl groups is 1. The van der Waals surface area contributed by atoms with Crippen molar-refractivity contribution in [1.29, 1.82) is 0 Å². The van der Waals surface area contributed by atoms with E-state index in [2.05, 4.69) is 9.97 Å². The zero-order valence-electron chi connectivity index (χ0n) is 8.33. The predicted octanol–water partition coefficient (Wildman–Crippen LogP) is 1.59. The van der Waals surface area contributed by atoms with Gasteiger partial charge < -0.3 is 5.11 Å². The zero-order valence-corrected chi connectivity index (χ0v) is 9.15. The van der Waals surface area contributed by atoms with Crippen LogP contribution in [0.2, 0.25) is 0 Å². The van der Waals surface area contributed by atoms with Crippen LogP contribution < -0.4 is 0 Å². The van der Waals surface area contributed by atoms with E-state index in [1.807, 2.05) is 16.7 Å². The van der Waals surface area contributed by atoms with Gasteiger partial charge in [-0.25, -0.2) is 9.97 Å². The summed E-state index contributed by atoms with van der Waals surface area (Å²) in [4.78, 5) is 8.49. The standard InChI is InChI=1S/C10H13N3OS/c14-7-1-2-8-15-10-12-4-3-9-11-5-6-13(9)10/h3-6,14H,1-2,7-8H2. The molecule has 0 saturated carbocycles. The van der Waals surface area contributed by atoms with Gasteiger partial charge in [0.05, 0.1) is 0 Å². The van der Waals surface area contributed by atoms with Crippen LogP contribution in [0, 0.1) is 0 Å². The molecule has 0 atom stereocenters. The predicted molar refractivity (Wildman–Crippen MR) is 60.0 cm³/mol. The van der Waals surface area contributed by atoms with E-state index in [0.717, 1.165) is 29.4 Å². The minimum Gasteiger partial charge on any atom is -0.396 e. The molecule has 5 heteroatoms. The first kappa shape index (κ1) is 10.4. The Bertz CT molecular complexity index is 429. The monoisotopic (exact) mass is 223 g/mol. The Kier molecular flexibility index (Phi) is 3.58. The Labute approximate surface area is 92.4 Å². The molecule has 2 heterocycles. The summed E-state index contributed by atoms with van der Waals surface area (Å²) in [5, 5.41) is 9.62. The number of hydrogen-bond acceptors (Lipinski definition) is 4. The Morgan fingerprint density at radius 2 is 2.20 bits per heavy atom. The molecule has 2 rings (SSSR count). The second-order valence-electron chi connectivity index (χ2n) is 3.16. The normalized spacial score (nSPS) is 11.0. The molecule has 0 bridgehead atoms. The lowest BCUT2D eigenvalue weighted by atomic mass is 10.4. The molecule has 4 nitrogen and oxygen atoms in total. The highest BCUT2D eigenvalue weighted by atomic mass is 32.2. The third-order valence-electron chi connectivity index (χ3n) is 2.07. The van der Waals surface area contributed by atoms with Gasteiger partial charge in [0.25, 0.3) is 0 Å². The Balaban J connectivity index is 2.04. The van der Waals surface area contributed by atoms with E-state index < -0.39 is 0 Å². The lowest BCUT2D eigenvalue weighted by Gasteiger charge is -2.02. The first-order valence-electron chi connectivity index (χ1n) is 4.93. The lowest BCUT2D eigenvalue weighted by Crippen LogP contribution is -1.94. The van der Waals surface area contributed by atoms with Gasteiger partial charge in [0.15, 0.2) is 5.16 Å². The Morgan fingerprint density at radius 3 is 3.07 bits per heavy atom. The molecular weight excluding hydrogens is 210 g/mol. The van der Waals surface area contributed by atoms with Crippen molar-refractivity contribution in [3.05, 3.63) is 24.7 Å². The third kappa shape index (κ3) is 2.49. The zero-order chi connectivity index (χ0) is 10.5. The van der Waals surface area contributed by atoms with Crippen molar-refractivity contribution < 1.29 is 5.11 Å². The second-order valence-corrected chi connectivity index (χ2v) is 4.22. The van der Waals surface area contributed by atoms with Crippen LogP contribution in [0.25, 0.3) is 5.65 Å². The van der Waals surface area contributed by atoms with Gasteiger partial charge in [-0.2, -0.15) is 0 Å². The van der Waals surface area contributed by atoms with Crippen molar-refractivity contribution >= 4 is 17.4 Å². The number of hydrogen-bond donors (Lipinski definition) is 1. The molecule has 15 heavy (non-hydrogen) atoms. The number of imidazole rings is 1. The van der Waals surface area contributed by atoms with Crippen molar-refractivity contribution in [2.24, 2.45) is 0 Å². The van der Waals surface area contributed by atoms with Crippen LogP contribution in [0.5, 0.6) is 0 Å². The summed E-state index contributed by atoms with van der Waals surface area (Å²) in [7, 11) is 0. The van der Waals surface area contributed by atoms with Gasteiger partial charge >= 0.3 is 0 Å².